The Morgan fingerprint density at radius 2 is 2.19 bits per heavy atom. The smallest absolute Gasteiger partial charge is 0.258 e. The van der Waals surface area contributed by atoms with Crippen LogP contribution in [0.5, 0.6) is 5.75 Å². The predicted molar refractivity (Wildman–Crippen MR) is 99.1 cm³/mol. The first-order valence-electron chi connectivity index (χ1n) is 8.12. The molecule has 0 fully saturated rings. The summed E-state index contributed by atoms with van der Waals surface area (Å²) >= 11 is 5.97. The van der Waals surface area contributed by atoms with Crippen molar-refractivity contribution in [3.8, 4) is 5.75 Å². The van der Waals surface area contributed by atoms with Crippen molar-refractivity contribution in [2.24, 2.45) is 0 Å². The number of carbonyl (C=O) groups is 1. The molecule has 9 nitrogen and oxygen atoms in total. The average Bonchev–Trinajstić information content (AvgIpc) is 3.09. The normalized spacial score (nSPS) is 10.6. The Morgan fingerprint density at radius 1 is 1.37 bits per heavy atom. The van der Waals surface area contributed by atoms with E-state index in [1.807, 2.05) is 0 Å². The first kappa shape index (κ1) is 18.6. The lowest BCUT2D eigenvalue weighted by Crippen LogP contribution is -2.28. The zero-order chi connectivity index (χ0) is 19.2. The molecule has 0 spiro atoms. The molecule has 0 bridgehead atoms. The summed E-state index contributed by atoms with van der Waals surface area (Å²) in [6.07, 6.45) is 3.38. The van der Waals surface area contributed by atoms with Gasteiger partial charge in [0.15, 0.2) is 6.61 Å². The van der Waals surface area contributed by atoms with E-state index in [9.17, 15) is 4.79 Å². The highest BCUT2D eigenvalue weighted by Crippen LogP contribution is 2.22. The number of para-hydroxylation sites is 1. The summed E-state index contributed by atoms with van der Waals surface area (Å²) in [7, 11) is 0. The van der Waals surface area contributed by atoms with Gasteiger partial charge in [-0.1, -0.05) is 28.9 Å². The van der Waals surface area contributed by atoms with Crippen molar-refractivity contribution in [2.45, 2.75) is 20.0 Å². The molecule has 0 saturated carbocycles. The zero-order valence-corrected chi connectivity index (χ0v) is 15.3. The van der Waals surface area contributed by atoms with Crippen molar-refractivity contribution in [3.05, 3.63) is 58.8 Å². The number of benzene rings is 1. The minimum absolute atomic E-state index is 0.144. The Morgan fingerprint density at radius 3 is 2.96 bits per heavy atom. The van der Waals surface area contributed by atoms with E-state index in [0.29, 0.717) is 34.7 Å². The number of ether oxygens (including phenoxy) is 1. The number of nitrogens with one attached hydrogen (secondary N) is 1. The summed E-state index contributed by atoms with van der Waals surface area (Å²) in [5, 5.41) is 11.2. The number of aromatic nitrogens is 5. The third kappa shape index (κ3) is 5.14. The summed E-state index contributed by atoms with van der Waals surface area (Å²) in [6.45, 7) is 2.24. The number of anilines is 1. The number of amides is 1. The van der Waals surface area contributed by atoms with Crippen LogP contribution in [0.25, 0.3) is 0 Å². The SMILES string of the molecule is Cc1ncc(Cn2cc(CNC(=O)COc3ccccc3Cl)nn2)c(N)n1. The van der Waals surface area contributed by atoms with Gasteiger partial charge in [0, 0.05) is 11.8 Å². The molecule has 140 valence electrons. The van der Waals surface area contributed by atoms with Gasteiger partial charge in [-0.15, -0.1) is 5.10 Å². The lowest BCUT2D eigenvalue weighted by molar-refractivity contribution is -0.123. The van der Waals surface area contributed by atoms with E-state index < -0.39 is 0 Å². The number of aryl methyl sites for hydroxylation is 1. The van der Waals surface area contributed by atoms with Crippen LogP contribution >= 0.6 is 11.6 Å². The van der Waals surface area contributed by atoms with Crippen LogP contribution in [0.2, 0.25) is 5.02 Å². The summed E-state index contributed by atoms with van der Waals surface area (Å²) < 4.78 is 6.98. The fourth-order valence-corrected chi connectivity index (χ4v) is 2.44. The van der Waals surface area contributed by atoms with E-state index in [-0.39, 0.29) is 19.1 Å². The van der Waals surface area contributed by atoms with Crippen molar-refractivity contribution >= 4 is 23.3 Å². The molecule has 2 heterocycles. The number of hydrogen-bond donors (Lipinski definition) is 2. The van der Waals surface area contributed by atoms with Gasteiger partial charge in [0.2, 0.25) is 0 Å². The molecule has 2 aromatic heterocycles. The minimum atomic E-state index is -0.291. The Kier molecular flexibility index (Phi) is 5.82. The molecule has 0 aliphatic rings. The molecule has 0 aliphatic carbocycles. The monoisotopic (exact) mass is 387 g/mol. The number of nitrogens with zero attached hydrogens (tertiary/aromatic N) is 5. The van der Waals surface area contributed by atoms with Crippen molar-refractivity contribution in [1.82, 2.24) is 30.3 Å². The van der Waals surface area contributed by atoms with Gasteiger partial charge in [-0.2, -0.15) is 0 Å². The second kappa shape index (κ2) is 8.45. The number of nitrogens with two attached hydrogens (primary N) is 1. The molecule has 1 amide bonds. The number of halogens is 1. The van der Waals surface area contributed by atoms with Crippen LogP contribution in [0.4, 0.5) is 5.82 Å². The maximum atomic E-state index is 11.9. The molecule has 0 radical (unpaired) electrons. The second-order valence-corrected chi connectivity index (χ2v) is 6.14. The lowest BCUT2D eigenvalue weighted by atomic mass is 10.3. The van der Waals surface area contributed by atoms with Gasteiger partial charge >= 0.3 is 0 Å². The van der Waals surface area contributed by atoms with Crippen LogP contribution < -0.4 is 15.8 Å². The van der Waals surface area contributed by atoms with Crippen LogP contribution in [0.15, 0.2) is 36.7 Å². The van der Waals surface area contributed by atoms with E-state index in [2.05, 4.69) is 25.6 Å². The van der Waals surface area contributed by atoms with Crippen LogP contribution in [-0.2, 0) is 17.9 Å². The summed E-state index contributed by atoms with van der Waals surface area (Å²) in [5.74, 6) is 1.18. The van der Waals surface area contributed by atoms with Gasteiger partial charge in [-0.25, -0.2) is 14.6 Å². The average molecular weight is 388 g/mol. The van der Waals surface area contributed by atoms with E-state index in [4.69, 9.17) is 22.1 Å². The third-order valence-corrected chi connectivity index (χ3v) is 3.91. The molecule has 0 unspecified atom stereocenters. The second-order valence-electron chi connectivity index (χ2n) is 5.73. The molecule has 0 saturated heterocycles. The zero-order valence-electron chi connectivity index (χ0n) is 14.6. The maximum absolute atomic E-state index is 11.9. The van der Waals surface area contributed by atoms with E-state index >= 15 is 0 Å². The molecule has 27 heavy (non-hydrogen) atoms. The van der Waals surface area contributed by atoms with Crippen LogP contribution in [0.3, 0.4) is 0 Å². The maximum Gasteiger partial charge on any atom is 0.258 e. The molecule has 1 aromatic carbocycles. The Labute approximate surface area is 160 Å². The first-order chi connectivity index (χ1) is 13.0. The number of nitrogen functional groups attached to an aromatic ring is 1. The Bertz CT molecular complexity index is 945. The predicted octanol–water partition coefficient (Wildman–Crippen LogP) is 1.36. The largest absolute Gasteiger partial charge is 0.482 e. The summed E-state index contributed by atoms with van der Waals surface area (Å²) in [6, 6.07) is 6.96. The topological polar surface area (TPSA) is 121 Å². The standard InChI is InChI=1S/C17H18ClN7O2/c1-11-20-6-12(17(19)22-11)8-25-9-13(23-24-25)7-21-16(26)10-27-15-5-3-2-4-14(15)18/h2-6,9H,7-8,10H2,1H3,(H,21,26)(H2,19,20,22). The highest BCUT2D eigenvalue weighted by Gasteiger charge is 2.09. The highest BCUT2D eigenvalue weighted by molar-refractivity contribution is 6.32. The minimum Gasteiger partial charge on any atom is -0.482 e. The number of rotatable bonds is 7. The van der Waals surface area contributed by atoms with E-state index in [1.54, 1.807) is 48.3 Å². The molecule has 10 heteroatoms. The van der Waals surface area contributed by atoms with Gasteiger partial charge in [0.05, 0.1) is 24.3 Å². The van der Waals surface area contributed by atoms with Crippen molar-refractivity contribution in [1.29, 1.82) is 0 Å². The third-order valence-electron chi connectivity index (χ3n) is 3.60. The number of carbonyl (C=O) groups excluding carboxylic acids is 1. The van der Waals surface area contributed by atoms with Crippen molar-refractivity contribution in [3.63, 3.8) is 0 Å². The van der Waals surface area contributed by atoms with Crippen LogP contribution in [-0.4, -0.2) is 37.5 Å². The van der Waals surface area contributed by atoms with Gasteiger partial charge in [0.25, 0.3) is 5.91 Å². The molecule has 0 aliphatic heterocycles. The highest BCUT2D eigenvalue weighted by atomic mass is 35.5. The molecule has 3 aromatic rings. The number of hydrogen-bond acceptors (Lipinski definition) is 7. The summed E-state index contributed by atoms with van der Waals surface area (Å²) in [5.41, 5.74) is 7.22. The van der Waals surface area contributed by atoms with E-state index in [0.717, 1.165) is 5.56 Å². The van der Waals surface area contributed by atoms with Crippen LogP contribution in [0, 0.1) is 6.92 Å². The first-order valence-corrected chi connectivity index (χ1v) is 8.50. The van der Waals surface area contributed by atoms with E-state index in [1.165, 1.54) is 0 Å². The lowest BCUT2D eigenvalue weighted by Gasteiger charge is -2.07. The molecular weight excluding hydrogens is 370 g/mol. The molecule has 3 rings (SSSR count). The Balaban J connectivity index is 1.49. The Hall–Kier alpha value is -3.20. The van der Waals surface area contributed by atoms with Gasteiger partial charge in [0.1, 0.15) is 23.1 Å². The van der Waals surface area contributed by atoms with Crippen molar-refractivity contribution < 1.29 is 9.53 Å². The van der Waals surface area contributed by atoms with Gasteiger partial charge in [-0.3, -0.25) is 4.79 Å². The van der Waals surface area contributed by atoms with Crippen molar-refractivity contribution in [2.75, 3.05) is 12.3 Å². The van der Waals surface area contributed by atoms with Gasteiger partial charge < -0.3 is 15.8 Å². The fourth-order valence-electron chi connectivity index (χ4n) is 2.25. The molecule has 3 N–H and O–H groups in total. The van der Waals surface area contributed by atoms with Gasteiger partial charge in [-0.05, 0) is 19.1 Å². The quantitative estimate of drug-likeness (QED) is 0.627. The fraction of sp³-hybridized carbons (Fsp3) is 0.235. The molecular formula is C17H18ClN7O2. The van der Waals surface area contributed by atoms with Crippen LogP contribution in [0.1, 0.15) is 17.1 Å². The summed E-state index contributed by atoms with van der Waals surface area (Å²) in [4.78, 5) is 20.1. The molecule has 0 atom stereocenters.